The fraction of sp³-hybridized carbons (Fsp3) is 0.238. The molecule has 2 N–H and O–H groups in total. The van der Waals surface area contributed by atoms with Gasteiger partial charge in [0.05, 0.1) is 19.3 Å². The highest BCUT2D eigenvalue weighted by molar-refractivity contribution is 6.30. The van der Waals surface area contributed by atoms with E-state index in [0.717, 1.165) is 5.56 Å². The summed E-state index contributed by atoms with van der Waals surface area (Å²) in [6, 6.07) is 11.9. The lowest BCUT2D eigenvalue weighted by Crippen LogP contribution is -2.31. The first-order chi connectivity index (χ1) is 15.0. The smallest absolute Gasteiger partial charge is 0.255 e. The van der Waals surface area contributed by atoms with Crippen LogP contribution in [0.4, 0.5) is 11.6 Å². The molecule has 2 aromatic carbocycles. The van der Waals surface area contributed by atoms with Crippen LogP contribution in [-0.4, -0.2) is 39.8 Å². The predicted octanol–water partition coefficient (Wildman–Crippen LogP) is 3.66. The first-order valence-electron chi connectivity index (χ1n) is 9.65. The van der Waals surface area contributed by atoms with Crippen molar-refractivity contribution in [2.45, 2.75) is 19.9 Å². The maximum atomic E-state index is 13.3. The van der Waals surface area contributed by atoms with E-state index in [4.69, 9.17) is 21.1 Å². The molecule has 1 unspecified atom stereocenters. The Morgan fingerprint density at radius 1 is 1.23 bits per heavy atom. The number of ether oxygens (including phenoxy) is 2. The van der Waals surface area contributed by atoms with Crippen LogP contribution in [0.5, 0.6) is 11.5 Å². The van der Waals surface area contributed by atoms with Crippen LogP contribution in [0.2, 0.25) is 5.02 Å². The lowest BCUT2D eigenvalue weighted by Gasteiger charge is -2.28. The molecule has 4 rings (SSSR count). The molecule has 1 aliphatic heterocycles. The summed E-state index contributed by atoms with van der Waals surface area (Å²) >= 11 is 5.95. The van der Waals surface area contributed by atoms with E-state index in [-0.39, 0.29) is 5.91 Å². The van der Waals surface area contributed by atoms with Crippen molar-refractivity contribution in [1.82, 2.24) is 20.2 Å². The zero-order chi connectivity index (χ0) is 22.0. The number of nitrogens with one attached hydrogen (secondary N) is 2. The Hall–Kier alpha value is -3.59. The van der Waals surface area contributed by atoms with Crippen molar-refractivity contribution in [3.8, 4) is 11.5 Å². The fourth-order valence-corrected chi connectivity index (χ4v) is 3.60. The van der Waals surface area contributed by atoms with Gasteiger partial charge in [0.15, 0.2) is 11.5 Å². The van der Waals surface area contributed by atoms with Gasteiger partial charge in [-0.2, -0.15) is 4.68 Å². The average Bonchev–Trinajstić information content (AvgIpc) is 3.23. The van der Waals surface area contributed by atoms with Crippen LogP contribution in [0, 0.1) is 0 Å². The van der Waals surface area contributed by atoms with Gasteiger partial charge in [0, 0.05) is 16.4 Å². The number of allylic oxidation sites excluding steroid dienone is 1. The number of hydrogen-bond donors (Lipinski definition) is 2. The van der Waals surface area contributed by atoms with Gasteiger partial charge in [0.1, 0.15) is 6.04 Å². The number of carbonyl (C=O) groups is 1. The molecule has 0 bridgehead atoms. The van der Waals surface area contributed by atoms with Crippen molar-refractivity contribution in [2.75, 3.05) is 24.4 Å². The van der Waals surface area contributed by atoms with Crippen LogP contribution in [0.25, 0.3) is 0 Å². The topological polar surface area (TPSA) is 103 Å². The molecule has 0 saturated carbocycles. The van der Waals surface area contributed by atoms with Gasteiger partial charge in [-0.15, -0.1) is 0 Å². The number of aromatic nitrogens is 4. The molecule has 160 valence electrons. The molecule has 31 heavy (non-hydrogen) atoms. The van der Waals surface area contributed by atoms with Crippen molar-refractivity contribution >= 4 is 29.1 Å². The highest BCUT2D eigenvalue weighted by Gasteiger charge is 2.34. The second-order valence-corrected chi connectivity index (χ2v) is 7.25. The third-order valence-electron chi connectivity index (χ3n) is 4.86. The molecule has 9 nitrogen and oxygen atoms in total. The minimum Gasteiger partial charge on any atom is -0.493 e. The standard InChI is InChI=1S/C21H21ClN6O3/c1-4-31-16-10-5-13(11-17(16)30-3)19-18(12(2)23-21-25-26-27-28(19)21)20(29)24-15-8-6-14(22)7-9-15/h5-11,19H,4H2,1-3H3,(H,24,29)(H,23,25,27). The summed E-state index contributed by atoms with van der Waals surface area (Å²) in [4.78, 5) is 13.3. The molecule has 3 aromatic rings. The Balaban J connectivity index is 1.76. The molecule has 0 radical (unpaired) electrons. The van der Waals surface area contributed by atoms with Gasteiger partial charge in [-0.05, 0) is 66.2 Å². The number of amides is 1. The van der Waals surface area contributed by atoms with Gasteiger partial charge in [0.2, 0.25) is 5.95 Å². The Morgan fingerprint density at radius 2 is 2.00 bits per heavy atom. The first-order valence-corrected chi connectivity index (χ1v) is 10.0. The van der Waals surface area contributed by atoms with Gasteiger partial charge >= 0.3 is 0 Å². The molecule has 0 spiro atoms. The van der Waals surface area contributed by atoms with Gasteiger partial charge in [-0.1, -0.05) is 22.8 Å². The quantitative estimate of drug-likeness (QED) is 0.602. The number of carbonyl (C=O) groups excluding carboxylic acids is 1. The van der Waals surface area contributed by atoms with E-state index in [0.29, 0.717) is 46.0 Å². The predicted molar refractivity (Wildman–Crippen MR) is 117 cm³/mol. The molecular weight excluding hydrogens is 420 g/mol. The summed E-state index contributed by atoms with van der Waals surface area (Å²) in [5.41, 5.74) is 2.52. The minimum absolute atomic E-state index is 0.286. The maximum Gasteiger partial charge on any atom is 0.255 e. The molecule has 0 saturated heterocycles. The molecule has 1 atom stereocenters. The van der Waals surface area contributed by atoms with Gasteiger partial charge in [-0.3, -0.25) is 4.79 Å². The Bertz CT molecular complexity index is 1140. The first kappa shape index (κ1) is 20.7. The van der Waals surface area contributed by atoms with Crippen LogP contribution in [0.1, 0.15) is 25.5 Å². The summed E-state index contributed by atoms with van der Waals surface area (Å²) in [5, 5.41) is 18.5. The third kappa shape index (κ3) is 4.04. The largest absolute Gasteiger partial charge is 0.493 e. The molecular formula is C21H21ClN6O3. The van der Waals surface area contributed by atoms with E-state index in [1.807, 2.05) is 32.0 Å². The number of benzene rings is 2. The molecule has 1 amide bonds. The van der Waals surface area contributed by atoms with E-state index in [2.05, 4.69) is 26.2 Å². The second-order valence-electron chi connectivity index (χ2n) is 6.82. The normalized spacial score (nSPS) is 15.2. The van der Waals surface area contributed by atoms with Gasteiger partial charge < -0.3 is 20.1 Å². The number of fused-ring (bicyclic) bond motifs is 1. The lowest BCUT2D eigenvalue weighted by atomic mass is 9.94. The van der Waals surface area contributed by atoms with Crippen molar-refractivity contribution in [3.05, 3.63) is 64.3 Å². The summed E-state index contributed by atoms with van der Waals surface area (Å²) < 4.78 is 12.7. The van der Waals surface area contributed by atoms with Crippen molar-refractivity contribution in [1.29, 1.82) is 0 Å². The Morgan fingerprint density at radius 3 is 2.71 bits per heavy atom. The zero-order valence-corrected chi connectivity index (χ0v) is 18.0. The molecule has 1 aromatic heterocycles. The number of tetrazole rings is 1. The van der Waals surface area contributed by atoms with Gasteiger partial charge in [0.25, 0.3) is 5.91 Å². The number of hydrogen-bond acceptors (Lipinski definition) is 7. The summed E-state index contributed by atoms with van der Waals surface area (Å²) in [6.45, 7) is 4.22. The number of rotatable bonds is 6. The number of methoxy groups -OCH3 is 1. The molecule has 10 heteroatoms. The highest BCUT2D eigenvalue weighted by atomic mass is 35.5. The average molecular weight is 441 g/mol. The zero-order valence-electron chi connectivity index (χ0n) is 17.2. The van der Waals surface area contributed by atoms with E-state index < -0.39 is 6.04 Å². The molecule has 0 aliphatic carbocycles. The maximum absolute atomic E-state index is 13.3. The lowest BCUT2D eigenvalue weighted by molar-refractivity contribution is -0.113. The third-order valence-corrected chi connectivity index (χ3v) is 5.12. The highest BCUT2D eigenvalue weighted by Crippen LogP contribution is 2.38. The SMILES string of the molecule is CCOc1ccc(C2C(C(=O)Nc3ccc(Cl)cc3)=C(C)Nc3nnnn32)cc1OC. The van der Waals surface area contributed by atoms with E-state index >= 15 is 0 Å². The molecule has 1 aliphatic rings. The second kappa shape index (κ2) is 8.65. The van der Waals surface area contributed by atoms with Crippen LogP contribution >= 0.6 is 11.6 Å². The number of anilines is 2. The Kier molecular flexibility index (Phi) is 5.77. The van der Waals surface area contributed by atoms with E-state index in [1.54, 1.807) is 36.1 Å². The van der Waals surface area contributed by atoms with Gasteiger partial charge in [-0.25, -0.2) is 0 Å². The molecule has 2 heterocycles. The minimum atomic E-state index is -0.567. The van der Waals surface area contributed by atoms with Crippen LogP contribution < -0.4 is 20.1 Å². The summed E-state index contributed by atoms with van der Waals surface area (Å²) in [6.07, 6.45) is 0. The molecule has 0 fully saturated rings. The monoisotopic (exact) mass is 440 g/mol. The van der Waals surface area contributed by atoms with Crippen molar-refractivity contribution in [3.63, 3.8) is 0 Å². The number of halogens is 1. The van der Waals surface area contributed by atoms with Crippen LogP contribution in [0.15, 0.2) is 53.7 Å². The summed E-state index contributed by atoms with van der Waals surface area (Å²) in [7, 11) is 1.57. The van der Waals surface area contributed by atoms with E-state index in [1.165, 1.54) is 0 Å². The van der Waals surface area contributed by atoms with Crippen LogP contribution in [0.3, 0.4) is 0 Å². The van der Waals surface area contributed by atoms with E-state index in [9.17, 15) is 4.79 Å². The Labute approximate surface area is 184 Å². The van der Waals surface area contributed by atoms with Crippen molar-refractivity contribution in [2.24, 2.45) is 0 Å². The fourth-order valence-electron chi connectivity index (χ4n) is 3.48. The summed E-state index contributed by atoms with van der Waals surface area (Å²) in [5.74, 6) is 1.33. The number of nitrogens with zero attached hydrogens (tertiary/aromatic N) is 4. The van der Waals surface area contributed by atoms with Crippen LogP contribution in [-0.2, 0) is 4.79 Å². The van der Waals surface area contributed by atoms with Crippen molar-refractivity contribution < 1.29 is 14.3 Å².